The van der Waals surface area contributed by atoms with Crippen molar-refractivity contribution in [2.24, 2.45) is 10.2 Å². The first kappa shape index (κ1) is 14.5. The van der Waals surface area contributed by atoms with E-state index in [1.165, 1.54) is 0 Å². The molecule has 0 unspecified atom stereocenters. The van der Waals surface area contributed by atoms with E-state index in [1.54, 1.807) is 17.6 Å². The summed E-state index contributed by atoms with van der Waals surface area (Å²) in [5, 5.41) is 28.1. The molecule has 114 valence electrons. The lowest BCUT2D eigenvalue weighted by atomic mass is 10.2. The summed E-state index contributed by atoms with van der Waals surface area (Å²) in [4.78, 5) is 3.90. The second-order valence-electron chi connectivity index (χ2n) is 4.79. The Kier molecular flexibility index (Phi) is 3.65. The molecule has 0 amide bonds. The van der Waals surface area contributed by atoms with Gasteiger partial charge in [-0.3, -0.25) is 0 Å². The topological polar surface area (TPSA) is 99.7 Å². The zero-order valence-corrected chi connectivity index (χ0v) is 12.4. The van der Waals surface area contributed by atoms with Crippen molar-refractivity contribution in [3.63, 3.8) is 0 Å². The van der Waals surface area contributed by atoms with E-state index in [0.29, 0.717) is 18.1 Å². The molecule has 3 rings (SSSR count). The molecule has 0 bridgehead atoms. The van der Waals surface area contributed by atoms with E-state index in [4.69, 9.17) is 9.68 Å². The molecule has 1 N–H and O–H groups in total. The molecule has 0 spiro atoms. The van der Waals surface area contributed by atoms with Crippen LogP contribution in [0.1, 0.15) is 11.6 Å². The van der Waals surface area contributed by atoms with E-state index in [1.807, 2.05) is 30.3 Å². The van der Waals surface area contributed by atoms with Gasteiger partial charge in [0.2, 0.25) is 11.6 Å². The quantitative estimate of drug-likeness (QED) is 0.578. The van der Waals surface area contributed by atoms with Gasteiger partial charge in [-0.2, -0.15) is 5.26 Å². The molecule has 1 aromatic carbocycles. The number of allylic oxidation sites excluding steroid dienone is 1. The molecule has 2 aromatic heterocycles. The highest BCUT2D eigenvalue weighted by atomic mass is 16.4. The van der Waals surface area contributed by atoms with Crippen molar-refractivity contribution in [3.05, 3.63) is 48.5 Å². The van der Waals surface area contributed by atoms with E-state index in [0.717, 1.165) is 10.9 Å². The Morgan fingerprint density at radius 2 is 2.22 bits per heavy atom. The van der Waals surface area contributed by atoms with Gasteiger partial charge in [0.05, 0.1) is 5.52 Å². The Morgan fingerprint density at radius 3 is 2.96 bits per heavy atom. The maximum atomic E-state index is 10.4. The lowest BCUT2D eigenvalue weighted by Gasteiger charge is -2.01. The van der Waals surface area contributed by atoms with E-state index in [2.05, 4.69) is 21.8 Å². The van der Waals surface area contributed by atoms with Crippen LogP contribution in [0.4, 0.5) is 11.6 Å². The van der Waals surface area contributed by atoms with Gasteiger partial charge in [0.25, 0.3) is 5.88 Å². The Balaban J connectivity index is 2.13. The molecule has 0 saturated carbocycles. The van der Waals surface area contributed by atoms with Gasteiger partial charge in [-0.05, 0) is 6.07 Å². The standard InChI is InChI=1S/C16H13N5O2/c1-3-8-21-13-7-5-4-6-11(13)14(16(21)22)19-20-15-12(9-17)18-10(2)23-15/h3-7,22H,1,8H2,2H3. The SMILES string of the molecule is C=CCn1c(O)c(N=Nc2oc(C)nc2C#N)c2ccccc21. The van der Waals surface area contributed by atoms with Crippen LogP contribution in [0.2, 0.25) is 0 Å². The number of aromatic nitrogens is 2. The Bertz CT molecular complexity index is 959. The molecule has 0 saturated heterocycles. The summed E-state index contributed by atoms with van der Waals surface area (Å²) in [6, 6.07) is 9.31. The minimum atomic E-state index is -0.0235. The van der Waals surface area contributed by atoms with Gasteiger partial charge >= 0.3 is 0 Å². The fraction of sp³-hybridized carbons (Fsp3) is 0.125. The number of hydrogen-bond donors (Lipinski definition) is 1. The summed E-state index contributed by atoms with van der Waals surface area (Å²) in [6.07, 6.45) is 1.68. The number of para-hydroxylation sites is 1. The van der Waals surface area contributed by atoms with Crippen LogP contribution in [0.25, 0.3) is 10.9 Å². The van der Waals surface area contributed by atoms with Crippen molar-refractivity contribution >= 4 is 22.5 Å². The first-order valence-corrected chi connectivity index (χ1v) is 6.86. The number of nitrogens with zero attached hydrogens (tertiary/aromatic N) is 5. The summed E-state index contributed by atoms with van der Waals surface area (Å²) >= 11 is 0. The summed E-state index contributed by atoms with van der Waals surface area (Å²) in [7, 11) is 0. The summed E-state index contributed by atoms with van der Waals surface area (Å²) in [6.45, 7) is 5.74. The summed E-state index contributed by atoms with van der Waals surface area (Å²) in [5.74, 6) is 0.323. The van der Waals surface area contributed by atoms with E-state index in [9.17, 15) is 5.11 Å². The van der Waals surface area contributed by atoms with Gasteiger partial charge in [-0.1, -0.05) is 24.3 Å². The Hall–Kier alpha value is -3.40. The number of aryl methyl sites for hydroxylation is 1. The van der Waals surface area contributed by atoms with Crippen LogP contribution in [0.5, 0.6) is 5.88 Å². The van der Waals surface area contributed by atoms with Crippen molar-refractivity contribution in [2.75, 3.05) is 0 Å². The molecule has 0 radical (unpaired) electrons. The maximum absolute atomic E-state index is 10.4. The minimum absolute atomic E-state index is 0.0185. The summed E-state index contributed by atoms with van der Waals surface area (Å²) < 4.78 is 6.91. The molecule has 2 heterocycles. The van der Waals surface area contributed by atoms with Crippen LogP contribution < -0.4 is 0 Å². The van der Waals surface area contributed by atoms with Crippen LogP contribution in [-0.4, -0.2) is 14.7 Å². The van der Waals surface area contributed by atoms with Crippen LogP contribution >= 0.6 is 0 Å². The lowest BCUT2D eigenvalue weighted by Crippen LogP contribution is -1.92. The van der Waals surface area contributed by atoms with Crippen LogP contribution in [0, 0.1) is 18.3 Å². The minimum Gasteiger partial charge on any atom is -0.493 e. The highest BCUT2D eigenvalue weighted by molar-refractivity contribution is 5.95. The van der Waals surface area contributed by atoms with E-state index < -0.39 is 0 Å². The monoisotopic (exact) mass is 307 g/mol. The number of rotatable bonds is 4. The van der Waals surface area contributed by atoms with Gasteiger partial charge in [-0.15, -0.1) is 16.8 Å². The number of benzene rings is 1. The molecular weight excluding hydrogens is 294 g/mol. The van der Waals surface area contributed by atoms with Gasteiger partial charge in [0.15, 0.2) is 11.6 Å². The van der Waals surface area contributed by atoms with Crippen LogP contribution in [-0.2, 0) is 6.54 Å². The molecule has 23 heavy (non-hydrogen) atoms. The summed E-state index contributed by atoms with van der Waals surface area (Å²) in [5.41, 5.74) is 1.18. The highest BCUT2D eigenvalue weighted by Crippen LogP contribution is 2.39. The molecule has 0 atom stereocenters. The lowest BCUT2D eigenvalue weighted by molar-refractivity contribution is 0.431. The van der Waals surface area contributed by atoms with Crippen molar-refractivity contribution in [2.45, 2.75) is 13.5 Å². The number of aromatic hydroxyl groups is 1. The number of nitriles is 1. The third-order valence-electron chi connectivity index (χ3n) is 3.29. The van der Waals surface area contributed by atoms with Crippen molar-refractivity contribution in [1.82, 2.24) is 9.55 Å². The maximum Gasteiger partial charge on any atom is 0.277 e. The molecule has 3 aromatic rings. The third kappa shape index (κ3) is 2.46. The first-order chi connectivity index (χ1) is 11.2. The highest BCUT2D eigenvalue weighted by Gasteiger charge is 2.16. The second kappa shape index (κ2) is 5.77. The molecule has 7 nitrogen and oxygen atoms in total. The van der Waals surface area contributed by atoms with Gasteiger partial charge < -0.3 is 14.1 Å². The van der Waals surface area contributed by atoms with E-state index >= 15 is 0 Å². The zero-order valence-electron chi connectivity index (χ0n) is 12.4. The average molecular weight is 307 g/mol. The first-order valence-electron chi connectivity index (χ1n) is 6.86. The third-order valence-corrected chi connectivity index (χ3v) is 3.29. The number of hydrogen-bond acceptors (Lipinski definition) is 6. The molecule has 0 aliphatic heterocycles. The second-order valence-corrected chi connectivity index (χ2v) is 4.79. The zero-order chi connectivity index (χ0) is 16.4. The van der Waals surface area contributed by atoms with Gasteiger partial charge in [0, 0.05) is 18.9 Å². The molecule has 0 aliphatic rings. The van der Waals surface area contributed by atoms with Crippen LogP contribution in [0.3, 0.4) is 0 Å². The van der Waals surface area contributed by atoms with Gasteiger partial charge in [-0.25, -0.2) is 4.98 Å². The Labute approximate surface area is 131 Å². The molecule has 0 fully saturated rings. The molecule has 0 aliphatic carbocycles. The van der Waals surface area contributed by atoms with Crippen molar-refractivity contribution < 1.29 is 9.52 Å². The fourth-order valence-electron chi connectivity index (χ4n) is 2.34. The predicted octanol–water partition coefficient (Wildman–Crippen LogP) is 4.12. The molecular formula is C16H13N5O2. The number of oxazole rings is 1. The fourth-order valence-corrected chi connectivity index (χ4v) is 2.34. The smallest absolute Gasteiger partial charge is 0.277 e. The van der Waals surface area contributed by atoms with E-state index in [-0.39, 0.29) is 17.5 Å². The predicted molar refractivity (Wildman–Crippen MR) is 83.9 cm³/mol. The van der Waals surface area contributed by atoms with Crippen molar-refractivity contribution in [3.8, 4) is 11.9 Å². The average Bonchev–Trinajstić information content (AvgIpc) is 3.04. The largest absolute Gasteiger partial charge is 0.493 e. The Morgan fingerprint density at radius 1 is 1.43 bits per heavy atom. The number of fused-ring (bicyclic) bond motifs is 1. The number of azo groups is 1. The van der Waals surface area contributed by atoms with Crippen LogP contribution in [0.15, 0.2) is 51.6 Å². The van der Waals surface area contributed by atoms with Crippen molar-refractivity contribution in [1.29, 1.82) is 5.26 Å². The molecule has 7 heteroatoms. The normalized spacial score (nSPS) is 11.1. The van der Waals surface area contributed by atoms with Gasteiger partial charge in [0.1, 0.15) is 6.07 Å².